The molecule has 1 aliphatic heterocycles. The van der Waals surface area contributed by atoms with E-state index in [1.807, 2.05) is 30.1 Å². The van der Waals surface area contributed by atoms with E-state index in [4.69, 9.17) is 0 Å². The zero-order valence-electron chi connectivity index (χ0n) is 18.6. The molecule has 7 nitrogen and oxygen atoms in total. The van der Waals surface area contributed by atoms with Crippen molar-refractivity contribution in [3.63, 3.8) is 0 Å². The number of nitrogens with zero attached hydrogens (tertiary/aromatic N) is 2. The second kappa shape index (κ2) is 9.34. The molecule has 1 aromatic heterocycles. The van der Waals surface area contributed by atoms with Gasteiger partial charge in [-0.05, 0) is 54.7 Å². The normalized spacial score (nSPS) is 14.6. The molecule has 2 aromatic carbocycles. The van der Waals surface area contributed by atoms with Gasteiger partial charge in [-0.1, -0.05) is 18.2 Å². The number of nitrogens with one attached hydrogen (secondary N) is 2. The molecule has 32 heavy (non-hydrogen) atoms. The minimum atomic E-state index is -3.44. The molecule has 1 fully saturated rings. The van der Waals surface area contributed by atoms with Gasteiger partial charge in [-0.3, -0.25) is 9.52 Å². The molecule has 1 amide bonds. The average molecular weight is 455 g/mol. The molecule has 0 bridgehead atoms. The molecular weight excluding hydrogens is 424 g/mol. The summed E-state index contributed by atoms with van der Waals surface area (Å²) in [6.45, 7) is 2.68. The van der Waals surface area contributed by atoms with Crippen LogP contribution in [0.5, 0.6) is 0 Å². The number of sulfonamides is 1. The minimum absolute atomic E-state index is 0.0443. The van der Waals surface area contributed by atoms with Crippen molar-refractivity contribution in [2.75, 3.05) is 24.1 Å². The molecule has 1 saturated heterocycles. The van der Waals surface area contributed by atoms with E-state index >= 15 is 0 Å². The summed E-state index contributed by atoms with van der Waals surface area (Å²) >= 11 is 0. The molecule has 8 heteroatoms. The van der Waals surface area contributed by atoms with Crippen LogP contribution in [0.3, 0.4) is 0 Å². The minimum Gasteiger partial charge on any atom is -0.350 e. The predicted molar refractivity (Wildman–Crippen MR) is 128 cm³/mol. The lowest BCUT2D eigenvalue weighted by Crippen LogP contribution is -2.35. The highest BCUT2D eigenvalue weighted by Gasteiger charge is 2.19. The average Bonchev–Trinajstić information content (AvgIpc) is 3.08. The third-order valence-electron chi connectivity index (χ3n) is 5.81. The molecule has 4 rings (SSSR count). The molecule has 3 aromatic rings. The summed E-state index contributed by atoms with van der Waals surface area (Å²) in [5.41, 5.74) is 4.16. The van der Waals surface area contributed by atoms with Gasteiger partial charge in [0.1, 0.15) is 0 Å². The first-order valence-electron chi connectivity index (χ1n) is 10.9. The van der Waals surface area contributed by atoms with E-state index in [2.05, 4.69) is 32.9 Å². The topological polar surface area (TPSA) is 83.4 Å². The first-order valence-corrected chi connectivity index (χ1v) is 12.8. The van der Waals surface area contributed by atoms with E-state index in [9.17, 15) is 13.2 Å². The second-order valence-electron chi connectivity index (χ2n) is 8.53. The number of amides is 1. The molecule has 0 atom stereocenters. The first kappa shape index (κ1) is 22.4. The van der Waals surface area contributed by atoms with Gasteiger partial charge in [-0.25, -0.2) is 8.42 Å². The van der Waals surface area contributed by atoms with Crippen LogP contribution < -0.4 is 10.0 Å². The number of carbonyl (C=O) groups excluding carboxylic acids is 1. The van der Waals surface area contributed by atoms with Crippen molar-refractivity contribution in [1.29, 1.82) is 0 Å². The van der Waals surface area contributed by atoms with Gasteiger partial charge in [-0.2, -0.15) is 0 Å². The number of anilines is 1. The fourth-order valence-corrected chi connectivity index (χ4v) is 4.92. The van der Waals surface area contributed by atoms with Gasteiger partial charge < -0.3 is 14.8 Å². The van der Waals surface area contributed by atoms with Crippen molar-refractivity contribution in [3.05, 3.63) is 65.4 Å². The summed E-state index contributed by atoms with van der Waals surface area (Å²) in [4.78, 5) is 14.9. The van der Waals surface area contributed by atoms with E-state index in [0.717, 1.165) is 44.2 Å². The van der Waals surface area contributed by atoms with Gasteiger partial charge in [0.15, 0.2) is 0 Å². The van der Waals surface area contributed by atoms with Crippen LogP contribution in [-0.4, -0.2) is 43.1 Å². The quantitative estimate of drug-likeness (QED) is 0.573. The second-order valence-corrected chi connectivity index (χ2v) is 10.3. The number of carbonyl (C=O) groups is 1. The Kier molecular flexibility index (Phi) is 6.53. The van der Waals surface area contributed by atoms with Crippen molar-refractivity contribution < 1.29 is 13.2 Å². The molecule has 1 aliphatic rings. The third kappa shape index (κ3) is 5.31. The lowest BCUT2D eigenvalue weighted by Gasteiger charge is -2.27. The van der Waals surface area contributed by atoms with E-state index in [1.165, 1.54) is 16.5 Å². The zero-order chi connectivity index (χ0) is 22.7. The maximum absolute atomic E-state index is 13.0. The molecule has 0 aliphatic carbocycles. The molecule has 0 radical (unpaired) electrons. The fraction of sp³-hybridized carbons (Fsp3) is 0.375. The van der Waals surface area contributed by atoms with Crippen molar-refractivity contribution in [2.24, 2.45) is 7.05 Å². The van der Waals surface area contributed by atoms with Crippen LogP contribution in [0.25, 0.3) is 10.9 Å². The van der Waals surface area contributed by atoms with Crippen LogP contribution in [-0.2, 0) is 30.2 Å². The summed E-state index contributed by atoms with van der Waals surface area (Å²) in [6, 6.07) is 13.5. The van der Waals surface area contributed by atoms with E-state index in [0.29, 0.717) is 24.3 Å². The number of rotatable bonds is 7. The molecule has 2 heterocycles. The number of likely N-dealkylation sites (tertiary alicyclic amines) is 1. The van der Waals surface area contributed by atoms with Crippen LogP contribution in [0.15, 0.2) is 48.7 Å². The summed E-state index contributed by atoms with van der Waals surface area (Å²) in [6.07, 6.45) is 6.39. The summed E-state index contributed by atoms with van der Waals surface area (Å²) in [5.74, 6) is -0.0443. The van der Waals surface area contributed by atoms with Crippen LogP contribution in [0, 0.1) is 0 Å². The van der Waals surface area contributed by atoms with E-state index in [-0.39, 0.29) is 5.91 Å². The molecule has 0 spiro atoms. The van der Waals surface area contributed by atoms with Crippen LogP contribution in [0.4, 0.5) is 5.69 Å². The monoisotopic (exact) mass is 454 g/mol. The van der Waals surface area contributed by atoms with Crippen molar-refractivity contribution in [3.8, 4) is 0 Å². The van der Waals surface area contributed by atoms with Crippen LogP contribution in [0.1, 0.15) is 40.7 Å². The largest absolute Gasteiger partial charge is 0.350 e. The Bertz CT molecular complexity index is 1230. The molecular formula is C24H30N4O3S. The number of hydrogen-bond acceptors (Lipinski definition) is 4. The molecule has 170 valence electrons. The Morgan fingerprint density at radius 2 is 1.78 bits per heavy atom. The van der Waals surface area contributed by atoms with Gasteiger partial charge in [0, 0.05) is 61.6 Å². The number of aryl methyl sites for hydroxylation is 1. The van der Waals surface area contributed by atoms with E-state index < -0.39 is 10.0 Å². The molecule has 0 saturated carbocycles. The highest BCUT2D eigenvalue weighted by Crippen LogP contribution is 2.22. The summed E-state index contributed by atoms with van der Waals surface area (Å²) < 4.78 is 28.2. The fourth-order valence-electron chi connectivity index (χ4n) is 4.38. The Balaban J connectivity index is 1.53. The number of piperidine rings is 1. The van der Waals surface area contributed by atoms with Crippen molar-refractivity contribution in [2.45, 2.75) is 32.4 Å². The molecule has 0 unspecified atom stereocenters. The smallest absolute Gasteiger partial charge is 0.253 e. The molecule has 2 N–H and O–H groups in total. The Labute approximate surface area is 189 Å². The van der Waals surface area contributed by atoms with Gasteiger partial charge in [-0.15, -0.1) is 0 Å². The van der Waals surface area contributed by atoms with E-state index in [1.54, 1.807) is 12.1 Å². The predicted octanol–water partition coefficient (Wildman–Crippen LogP) is 3.47. The van der Waals surface area contributed by atoms with Crippen molar-refractivity contribution in [1.82, 2.24) is 14.8 Å². The maximum Gasteiger partial charge on any atom is 0.253 e. The van der Waals surface area contributed by atoms with Gasteiger partial charge in [0.2, 0.25) is 10.0 Å². The number of aromatic nitrogens is 1. The lowest BCUT2D eigenvalue weighted by atomic mass is 10.1. The first-order chi connectivity index (χ1) is 15.3. The van der Waals surface area contributed by atoms with Crippen LogP contribution >= 0.6 is 0 Å². The third-order valence-corrected chi connectivity index (χ3v) is 6.42. The van der Waals surface area contributed by atoms with Crippen molar-refractivity contribution >= 4 is 32.5 Å². The number of hydrogen-bond donors (Lipinski definition) is 2. The van der Waals surface area contributed by atoms with Gasteiger partial charge in [0.05, 0.1) is 6.26 Å². The Morgan fingerprint density at radius 3 is 2.53 bits per heavy atom. The highest BCUT2D eigenvalue weighted by atomic mass is 32.2. The number of para-hydroxylation sites is 1. The van der Waals surface area contributed by atoms with Crippen LogP contribution in [0.2, 0.25) is 0 Å². The summed E-state index contributed by atoms with van der Waals surface area (Å²) in [7, 11) is -1.41. The SMILES string of the molecule is Cn1cc(CNCc2cc(NS(C)(=O)=O)cc(C(=O)N3CCCCC3)c2)c2ccccc21. The van der Waals surface area contributed by atoms with Gasteiger partial charge in [0.25, 0.3) is 5.91 Å². The maximum atomic E-state index is 13.0. The lowest BCUT2D eigenvalue weighted by molar-refractivity contribution is 0.0724. The Hall–Kier alpha value is -2.84. The Morgan fingerprint density at radius 1 is 1.03 bits per heavy atom. The zero-order valence-corrected chi connectivity index (χ0v) is 19.4. The number of fused-ring (bicyclic) bond motifs is 1. The highest BCUT2D eigenvalue weighted by molar-refractivity contribution is 7.92. The standard InChI is InChI=1S/C24H30N4O3S/c1-27-17-20(22-8-4-5-9-23(22)27)16-25-15-18-12-19(14-21(13-18)26-32(2,30)31)24(29)28-10-6-3-7-11-28/h4-5,8-9,12-14,17,25-26H,3,6-7,10-11,15-16H2,1-2H3. The summed E-state index contributed by atoms with van der Waals surface area (Å²) in [5, 5.41) is 4.65. The van der Waals surface area contributed by atoms with Gasteiger partial charge >= 0.3 is 0 Å². The number of benzene rings is 2.